The smallest absolute Gasteiger partial charge is 0.387 e. The molecule has 1 aromatic carbocycles. The van der Waals surface area contributed by atoms with Gasteiger partial charge in [-0.25, -0.2) is 0 Å². The van der Waals surface area contributed by atoms with Crippen molar-refractivity contribution < 1.29 is 18.3 Å². The van der Waals surface area contributed by atoms with Gasteiger partial charge >= 0.3 is 6.61 Å². The topological polar surface area (TPSA) is 50.4 Å². The summed E-state index contributed by atoms with van der Waals surface area (Å²) >= 11 is 0. The van der Waals surface area contributed by atoms with Crippen LogP contribution in [0.25, 0.3) is 0 Å². The van der Waals surface area contributed by atoms with Gasteiger partial charge in [0.2, 0.25) is 5.91 Å². The summed E-state index contributed by atoms with van der Waals surface area (Å²) in [4.78, 5) is 11.7. The summed E-state index contributed by atoms with van der Waals surface area (Å²) in [5, 5.41) is 5.98. The molecule has 0 saturated heterocycles. The van der Waals surface area contributed by atoms with Crippen molar-refractivity contribution in [3.8, 4) is 5.75 Å². The molecule has 4 nitrogen and oxygen atoms in total. The molecule has 2 rings (SSSR count). The second-order valence-corrected chi connectivity index (χ2v) is 5.31. The highest BCUT2D eigenvalue weighted by atomic mass is 19.3. The largest absolute Gasteiger partial charge is 0.435 e. The third kappa shape index (κ3) is 5.67. The lowest BCUT2D eigenvalue weighted by molar-refractivity contribution is -0.120. The fourth-order valence-electron chi connectivity index (χ4n) is 2.03. The van der Waals surface area contributed by atoms with Crippen LogP contribution in [0.3, 0.4) is 0 Å². The Kier molecular flexibility index (Phi) is 5.50. The van der Waals surface area contributed by atoms with Gasteiger partial charge in [-0.1, -0.05) is 12.1 Å². The fourth-order valence-corrected chi connectivity index (χ4v) is 2.03. The third-order valence-electron chi connectivity index (χ3n) is 3.40. The number of halogens is 2. The molecular formula is C15H20F2N2O2. The average molecular weight is 298 g/mol. The monoisotopic (exact) mass is 298 g/mol. The van der Waals surface area contributed by atoms with E-state index < -0.39 is 6.61 Å². The molecule has 116 valence electrons. The molecule has 1 unspecified atom stereocenters. The quantitative estimate of drug-likeness (QED) is 0.775. The van der Waals surface area contributed by atoms with Gasteiger partial charge in [0, 0.05) is 0 Å². The number of benzene rings is 1. The number of rotatable bonds is 8. The van der Waals surface area contributed by atoms with E-state index in [1.54, 1.807) is 12.1 Å². The second kappa shape index (κ2) is 7.36. The van der Waals surface area contributed by atoms with Crippen molar-refractivity contribution >= 4 is 5.91 Å². The van der Waals surface area contributed by atoms with Crippen molar-refractivity contribution in [1.29, 1.82) is 0 Å². The van der Waals surface area contributed by atoms with Crippen LogP contribution in [0.5, 0.6) is 5.75 Å². The van der Waals surface area contributed by atoms with Crippen LogP contribution in [-0.4, -0.2) is 25.6 Å². The molecule has 1 aliphatic rings. The number of carbonyl (C=O) groups excluding carboxylic acids is 1. The minimum absolute atomic E-state index is 0.0731. The SMILES string of the molecule is CC(NC(=O)CNCC1CC1)c1ccc(OC(F)F)cc1. The van der Waals surface area contributed by atoms with Crippen molar-refractivity contribution in [3.05, 3.63) is 29.8 Å². The molecule has 0 spiro atoms. The van der Waals surface area contributed by atoms with E-state index in [-0.39, 0.29) is 17.7 Å². The highest BCUT2D eigenvalue weighted by Gasteiger charge is 2.20. The van der Waals surface area contributed by atoms with Gasteiger partial charge in [0.25, 0.3) is 0 Å². The molecule has 21 heavy (non-hydrogen) atoms. The first kappa shape index (κ1) is 15.7. The molecule has 0 aromatic heterocycles. The Labute approximate surface area is 122 Å². The van der Waals surface area contributed by atoms with E-state index in [1.807, 2.05) is 6.92 Å². The number of hydrogen-bond acceptors (Lipinski definition) is 3. The summed E-state index contributed by atoms with van der Waals surface area (Å²) in [5.41, 5.74) is 0.840. The molecule has 0 heterocycles. The van der Waals surface area contributed by atoms with Crippen LogP contribution in [-0.2, 0) is 4.79 Å². The Morgan fingerprint density at radius 2 is 2.00 bits per heavy atom. The Balaban J connectivity index is 1.75. The molecule has 1 aromatic rings. The number of ether oxygens (including phenoxy) is 1. The Bertz CT molecular complexity index is 461. The number of carbonyl (C=O) groups is 1. The highest BCUT2D eigenvalue weighted by Crippen LogP contribution is 2.27. The summed E-state index contributed by atoms with van der Waals surface area (Å²) in [7, 11) is 0. The highest BCUT2D eigenvalue weighted by molar-refractivity contribution is 5.78. The number of alkyl halides is 2. The molecular weight excluding hydrogens is 278 g/mol. The van der Waals surface area contributed by atoms with E-state index in [0.29, 0.717) is 6.54 Å². The minimum Gasteiger partial charge on any atom is -0.435 e. The second-order valence-electron chi connectivity index (χ2n) is 5.31. The van der Waals surface area contributed by atoms with Gasteiger partial charge < -0.3 is 15.4 Å². The van der Waals surface area contributed by atoms with Gasteiger partial charge in [-0.3, -0.25) is 4.79 Å². The minimum atomic E-state index is -2.83. The van der Waals surface area contributed by atoms with Crippen molar-refractivity contribution in [2.24, 2.45) is 5.92 Å². The predicted octanol–water partition coefficient (Wildman–Crippen LogP) is 2.46. The maximum Gasteiger partial charge on any atom is 0.387 e. The maximum atomic E-state index is 12.0. The number of amides is 1. The molecule has 1 fully saturated rings. The first-order chi connectivity index (χ1) is 10.0. The van der Waals surface area contributed by atoms with Crippen LogP contribution >= 0.6 is 0 Å². The van der Waals surface area contributed by atoms with Crippen LogP contribution in [0, 0.1) is 5.92 Å². The zero-order valence-electron chi connectivity index (χ0n) is 11.9. The van der Waals surface area contributed by atoms with E-state index in [9.17, 15) is 13.6 Å². The maximum absolute atomic E-state index is 12.0. The zero-order chi connectivity index (χ0) is 15.2. The molecule has 6 heteroatoms. The molecule has 1 amide bonds. The van der Waals surface area contributed by atoms with Crippen LogP contribution < -0.4 is 15.4 Å². The lowest BCUT2D eigenvalue weighted by Gasteiger charge is -2.15. The number of nitrogens with one attached hydrogen (secondary N) is 2. The summed E-state index contributed by atoms with van der Waals surface area (Å²) in [6.07, 6.45) is 2.50. The lowest BCUT2D eigenvalue weighted by Crippen LogP contribution is -2.36. The Morgan fingerprint density at radius 1 is 1.33 bits per heavy atom. The summed E-state index contributed by atoms with van der Waals surface area (Å²) in [6, 6.07) is 6.09. The van der Waals surface area contributed by atoms with Crippen LogP contribution in [0.15, 0.2) is 24.3 Å². The normalized spacial score (nSPS) is 15.8. The molecule has 0 bridgehead atoms. The fraction of sp³-hybridized carbons (Fsp3) is 0.533. The van der Waals surface area contributed by atoms with Gasteiger partial charge in [0.15, 0.2) is 0 Å². The molecule has 0 radical (unpaired) electrons. The van der Waals surface area contributed by atoms with Gasteiger partial charge in [-0.15, -0.1) is 0 Å². The number of hydrogen-bond donors (Lipinski definition) is 2. The van der Waals surface area contributed by atoms with E-state index in [4.69, 9.17) is 0 Å². The van der Waals surface area contributed by atoms with Crippen molar-refractivity contribution in [2.45, 2.75) is 32.4 Å². The van der Waals surface area contributed by atoms with E-state index in [0.717, 1.165) is 18.0 Å². The Morgan fingerprint density at radius 3 is 2.57 bits per heavy atom. The van der Waals surface area contributed by atoms with Gasteiger partial charge in [-0.05, 0) is 49.9 Å². The zero-order valence-corrected chi connectivity index (χ0v) is 11.9. The average Bonchev–Trinajstić information content (AvgIpc) is 3.23. The van der Waals surface area contributed by atoms with E-state index in [2.05, 4.69) is 15.4 Å². The summed E-state index contributed by atoms with van der Waals surface area (Å²) in [5.74, 6) is 0.770. The van der Waals surface area contributed by atoms with E-state index >= 15 is 0 Å². The van der Waals surface area contributed by atoms with Crippen molar-refractivity contribution in [2.75, 3.05) is 13.1 Å². The van der Waals surface area contributed by atoms with Crippen LogP contribution in [0.1, 0.15) is 31.4 Å². The van der Waals surface area contributed by atoms with Gasteiger partial charge in [0.1, 0.15) is 5.75 Å². The summed E-state index contributed by atoms with van der Waals surface area (Å²) < 4.78 is 28.4. The third-order valence-corrected chi connectivity index (χ3v) is 3.40. The van der Waals surface area contributed by atoms with Gasteiger partial charge in [0.05, 0.1) is 12.6 Å². The standard InChI is InChI=1S/C15H20F2N2O2/c1-10(19-14(20)9-18-8-11-2-3-11)12-4-6-13(7-5-12)21-15(16)17/h4-7,10-11,15,18H,2-3,8-9H2,1H3,(H,19,20). The molecule has 1 atom stereocenters. The lowest BCUT2D eigenvalue weighted by atomic mass is 10.1. The van der Waals surface area contributed by atoms with Crippen molar-refractivity contribution in [1.82, 2.24) is 10.6 Å². The first-order valence-electron chi connectivity index (χ1n) is 7.09. The van der Waals surface area contributed by atoms with E-state index in [1.165, 1.54) is 25.0 Å². The predicted molar refractivity (Wildman–Crippen MR) is 75.2 cm³/mol. The van der Waals surface area contributed by atoms with Crippen LogP contribution in [0.4, 0.5) is 8.78 Å². The van der Waals surface area contributed by atoms with Crippen LogP contribution in [0.2, 0.25) is 0 Å². The molecule has 1 aliphatic carbocycles. The first-order valence-corrected chi connectivity index (χ1v) is 7.09. The van der Waals surface area contributed by atoms with Crippen molar-refractivity contribution in [3.63, 3.8) is 0 Å². The molecule has 1 saturated carbocycles. The summed E-state index contributed by atoms with van der Waals surface area (Å²) in [6.45, 7) is 0.210. The van der Waals surface area contributed by atoms with Gasteiger partial charge in [-0.2, -0.15) is 8.78 Å². The molecule has 2 N–H and O–H groups in total. The Hall–Kier alpha value is -1.69. The molecule has 0 aliphatic heterocycles.